The fourth-order valence-electron chi connectivity index (χ4n) is 2.21. The Morgan fingerprint density at radius 2 is 1.29 bits per heavy atom. The summed E-state index contributed by atoms with van der Waals surface area (Å²) in [6, 6.07) is 0. The molecular weight excluding hydrogens is 281 g/mol. The summed E-state index contributed by atoms with van der Waals surface area (Å²) in [7, 11) is 4.94. The minimum atomic E-state index is -1.43. The Bertz CT molecular complexity index is 252. The van der Waals surface area contributed by atoms with E-state index in [0.29, 0.717) is 6.61 Å². The van der Waals surface area contributed by atoms with Gasteiger partial charge in [-0.05, 0) is 17.4 Å². The first kappa shape index (κ1) is 21.0. The van der Waals surface area contributed by atoms with Crippen LogP contribution in [0.25, 0.3) is 0 Å². The summed E-state index contributed by atoms with van der Waals surface area (Å²) in [4.78, 5) is 0. The van der Waals surface area contributed by atoms with Crippen LogP contribution in [0.4, 0.5) is 0 Å². The van der Waals surface area contributed by atoms with Gasteiger partial charge in [-0.15, -0.1) is 4.52 Å². The quantitative estimate of drug-likeness (QED) is 0.230. The first-order chi connectivity index (χ1) is 9.95. The van der Waals surface area contributed by atoms with Crippen LogP contribution in [-0.4, -0.2) is 44.9 Å². The number of rotatable bonds is 15. The normalized spacial score (nSPS) is 12.7. The molecule has 4 heteroatoms. The third kappa shape index (κ3) is 18.0. The topological polar surface area (TPSA) is 26.3 Å². The van der Waals surface area contributed by atoms with E-state index in [-0.39, 0.29) is 0 Å². The average molecular weight is 319 g/mol. The molecule has 1 atom stereocenters. The molecule has 0 spiro atoms. The lowest BCUT2D eigenvalue weighted by Gasteiger charge is -2.21. The van der Waals surface area contributed by atoms with Gasteiger partial charge in [0.25, 0.3) is 0 Å². The number of hydrogen-bond acceptors (Lipinski definition) is 2. The predicted molar refractivity (Wildman–Crippen MR) is 93.2 cm³/mol. The summed E-state index contributed by atoms with van der Waals surface area (Å²) in [6.45, 7) is 3.78. The van der Waals surface area contributed by atoms with Gasteiger partial charge in [0.1, 0.15) is 6.54 Å². The molecule has 21 heavy (non-hydrogen) atoms. The molecule has 0 aromatic carbocycles. The van der Waals surface area contributed by atoms with E-state index in [4.69, 9.17) is 4.52 Å². The van der Waals surface area contributed by atoms with Crippen molar-refractivity contribution in [2.75, 3.05) is 40.5 Å². The lowest BCUT2D eigenvalue weighted by Crippen LogP contribution is -2.37. The van der Waals surface area contributed by atoms with Crippen molar-refractivity contribution in [2.24, 2.45) is 0 Å². The summed E-state index contributed by atoms with van der Waals surface area (Å²) in [6.07, 6.45) is 13.9. The van der Waals surface area contributed by atoms with Crippen LogP contribution in [0.3, 0.4) is 0 Å². The van der Waals surface area contributed by atoms with E-state index in [1.54, 1.807) is 0 Å². The maximum Gasteiger partial charge on any atom is 0.508 e. The predicted octanol–water partition coefficient (Wildman–Crippen LogP) is 5.37. The van der Waals surface area contributed by atoms with E-state index in [9.17, 15) is 4.57 Å². The van der Waals surface area contributed by atoms with E-state index in [1.165, 1.54) is 57.8 Å². The Morgan fingerprint density at radius 3 is 1.76 bits per heavy atom. The number of quaternary nitrogens is 1. The third-order valence-electron chi connectivity index (χ3n) is 3.69. The summed E-state index contributed by atoms with van der Waals surface area (Å²) >= 11 is 0. The first-order valence-electron chi connectivity index (χ1n) is 8.84. The Kier molecular flexibility index (Phi) is 13.7. The molecule has 126 valence electrons. The molecule has 0 saturated carbocycles. The van der Waals surface area contributed by atoms with Gasteiger partial charge in [0, 0.05) is 0 Å². The van der Waals surface area contributed by atoms with Crippen molar-refractivity contribution in [2.45, 2.75) is 71.1 Å². The van der Waals surface area contributed by atoms with Crippen molar-refractivity contribution in [1.29, 1.82) is 0 Å². The van der Waals surface area contributed by atoms with Gasteiger partial charge >= 0.3 is 8.03 Å². The minimum Gasteiger partial charge on any atom is -0.329 e. The molecule has 0 N–H and O–H groups in total. The number of unbranched alkanes of at least 4 members (excludes halogenated alkanes) is 9. The zero-order chi connectivity index (χ0) is 16.0. The molecule has 0 aliphatic rings. The molecule has 0 aromatic rings. The molecule has 0 radical (unpaired) electrons. The molecule has 0 aromatic heterocycles. The fraction of sp³-hybridized carbons (Fsp3) is 1.00. The van der Waals surface area contributed by atoms with Crippen LogP contribution in [0.2, 0.25) is 0 Å². The lowest BCUT2D eigenvalue weighted by atomic mass is 10.1. The van der Waals surface area contributed by atoms with Gasteiger partial charge in [-0.3, -0.25) is 0 Å². The Hall–Kier alpha value is 0.0200. The van der Waals surface area contributed by atoms with Crippen molar-refractivity contribution in [3.05, 3.63) is 0 Å². The highest BCUT2D eigenvalue weighted by Crippen LogP contribution is 2.24. The van der Waals surface area contributed by atoms with Crippen molar-refractivity contribution in [3.63, 3.8) is 0 Å². The highest BCUT2D eigenvalue weighted by Gasteiger charge is 2.18. The summed E-state index contributed by atoms with van der Waals surface area (Å²) in [5.74, 6) is 0. The third-order valence-corrected chi connectivity index (χ3v) is 4.84. The van der Waals surface area contributed by atoms with Crippen LogP contribution in [0.5, 0.6) is 0 Å². The standard InChI is InChI=1S/C17H38NO2P/c1-5-6-7-8-9-10-11-12-13-14-17-21(19)20-16-15-18(2,3)4/h5-17H2,1-4H3/q+2. The van der Waals surface area contributed by atoms with E-state index in [0.717, 1.165) is 23.6 Å². The van der Waals surface area contributed by atoms with E-state index >= 15 is 0 Å². The summed E-state index contributed by atoms with van der Waals surface area (Å²) < 4.78 is 17.9. The smallest absolute Gasteiger partial charge is 0.329 e. The Balaban J connectivity index is 3.22. The molecule has 0 bridgehead atoms. The lowest BCUT2D eigenvalue weighted by molar-refractivity contribution is -0.870. The SMILES string of the molecule is CCCCCCCCCCCC[P+](=O)OCC[N+](C)(C)C. The summed E-state index contributed by atoms with van der Waals surface area (Å²) in [5.41, 5.74) is 0. The maximum absolute atomic E-state index is 11.7. The molecule has 0 aliphatic heterocycles. The van der Waals surface area contributed by atoms with Crippen molar-refractivity contribution >= 4 is 8.03 Å². The van der Waals surface area contributed by atoms with Crippen LogP contribution in [0.1, 0.15) is 71.1 Å². The monoisotopic (exact) mass is 319 g/mol. The van der Waals surface area contributed by atoms with Crippen molar-refractivity contribution in [3.8, 4) is 0 Å². The van der Waals surface area contributed by atoms with Crippen LogP contribution < -0.4 is 0 Å². The molecule has 1 unspecified atom stereocenters. The second-order valence-electron chi connectivity index (χ2n) is 7.09. The van der Waals surface area contributed by atoms with Crippen LogP contribution in [-0.2, 0) is 9.09 Å². The molecule has 0 heterocycles. The second kappa shape index (κ2) is 13.7. The molecule has 0 amide bonds. The fourth-order valence-corrected chi connectivity index (χ4v) is 3.11. The van der Waals surface area contributed by atoms with Crippen LogP contribution >= 0.6 is 8.03 Å². The number of hydrogen-bond donors (Lipinski definition) is 0. The van der Waals surface area contributed by atoms with E-state index in [1.807, 2.05) is 0 Å². The second-order valence-corrected chi connectivity index (χ2v) is 8.46. The van der Waals surface area contributed by atoms with E-state index in [2.05, 4.69) is 28.1 Å². The van der Waals surface area contributed by atoms with Crippen LogP contribution in [0, 0.1) is 0 Å². The van der Waals surface area contributed by atoms with Gasteiger partial charge in [0.2, 0.25) is 0 Å². The molecule has 0 saturated heterocycles. The van der Waals surface area contributed by atoms with Crippen molar-refractivity contribution < 1.29 is 13.6 Å². The van der Waals surface area contributed by atoms with Gasteiger partial charge in [0.05, 0.1) is 21.1 Å². The van der Waals surface area contributed by atoms with Crippen LogP contribution in [0.15, 0.2) is 0 Å². The number of likely N-dealkylation sites (N-methyl/N-ethyl adjacent to an activating group) is 1. The van der Waals surface area contributed by atoms with Gasteiger partial charge in [-0.25, -0.2) is 0 Å². The summed E-state index contributed by atoms with van der Waals surface area (Å²) in [5, 5.41) is 0. The zero-order valence-electron chi connectivity index (χ0n) is 14.9. The molecule has 0 aliphatic carbocycles. The first-order valence-corrected chi connectivity index (χ1v) is 10.2. The Labute approximate surface area is 133 Å². The van der Waals surface area contributed by atoms with E-state index < -0.39 is 8.03 Å². The largest absolute Gasteiger partial charge is 0.508 e. The molecule has 3 nitrogen and oxygen atoms in total. The van der Waals surface area contributed by atoms with Gasteiger partial charge in [0.15, 0.2) is 12.8 Å². The Morgan fingerprint density at radius 1 is 0.810 bits per heavy atom. The molecule has 0 fully saturated rings. The highest BCUT2D eigenvalue weighted by atomic mass is 31.1. The molecule has 0 rings (SSSR count). The van der Waals surface area contributed by atoms with Crippen molar-refractivity contribution in [1.82, 2.24) is 0 Å². The highest BCUT2D eigenvalue weighted by molar-refractivity contribution is 7.39. The van der Waals surface area contributed by atoms with Gasteiger partial charge in [-0.1, -0.05) is 58.3 Å². The van der Waals surface area contributed by atoms with Gasteiger partial charge < -0.3 is 4.48 Å². The average Bonchev–Trinajstić information content (AvgIpc) is 2.39. The maximum atomic E-state index is 11.7. The van der Waals surface area contributed by atoms with Gasteiger partial charge in [-0.2, -0.15) is 0 Å². The zero-order valence-corrected chi connectivity index (χ0v) is 15.8. The minimum absolute atomic E-state index is 0.608. The number of nitrogens with zero attached hydrogens (tertiary/aromatic N) is 1. The molecular formula is C17H38NO2P+2.